The summed E-state index contributed by atoms with van der Waals surface area (Å²) in [5.74, 6) is -1.13. The van der Waals surface area contributed by atoms with Gasteiger partial charge in [-0.1, -0.05) is 30.3 Å². The van der Waals surface area contributed by atoms with Crippen molar-refractivity contribution in [2.24, 2.45) is 0 Å². The van der Waals surface area contributed by atoms with E-state index in [2.05, 4.69) is 15.4 Å². The Labute approximate surface area is 97.2 Å². The van der Waals surface area contributed by atoms with Gasteiger partial charge >= 0.3 is 5.97 Å². The summed E-state index contributed by atoms with van der Waals surface area (Å²) in [6, 6.07) is 9.25. The van der Waals surface area contributed by atoms with Gasteiger partial charge in [-0.05, 0) is 5.56 Å². The molecule has 2 N–H and O–H groups in total. The zero-order chi connectivity index (χ0) is 12.3. The lowest BCUT2D eigenvalue weighted by molar-refractivity contribution is 0.0680. The van der Waals surface area contributed by atoms with Crippen LogP contribution in [-0.2, 0) is 4.74 Å². The van der Waals surface area contributed by atoms with E-state index in [4.69, 9.17) is 9.84 Å². The van der Waals surface area contributed by atoms with Crippen molar-refractivity contribution in [3.63, 3.8) is 0 Å². The molecule has 0 saturated heterocycles. The average molecular weight is 233 g/mol. The molecule has 0 fully saturated rings. The van der Waals surface area contributed by atoms with Crippen molar-refractivity contribution in [1.29, 1.82) is 0 Å². The largest absolute Gasteiger partial charge is 0.476 e. The van der Waals surface area contributed by atoms with Gasteiger partial charge in [0.15, 0.2) is 5.69 Å². The molecule has 0 saturated carbocycles. The van der Waals surface area contributed by atoms with Crippen LogP contribution in [0.1, 0.15) is 27.8 Å². The maximum atomic E-state index is 11.0. The van der Waals surface area contributed by atoms with Gasteiger partial charge in [0.25, 0.3) is 0 Å². The number of hydrogen-bond donors (Lipinski definition) is 2. The van der Waals surface area contributed by atoms with E-state index >= 15 is 0 Å². The van der Waals surface area contributed by atoms with Crippen molar-refractivity contribution >= 4 is 5.97 Å². The van der Waals surface area contributed by atoms with Crippen LogP contribution in [0.15, 0.2) is 30.3 Å². The van der Waals surface area contributed by atoms with Gasteiger partial charge in [-0.2, -0.15) is 10.3 Å². The lowest BCUT2D eigenvalue weighted by Gasteiger charge is -2.13. The molecule has 2 aromatic rings. The van der Waals surface area contributed by atoms with Gasteiger partial charge in [0, 0.05) is 7.11 Å². The van der Waals surface area contributed by atoms with Crippen molar-refractivity contribution in [2.75, 3.05) is 7.11 Å². The molecule has 0 bridgehead atoms. The van der Waals surface area contributed by atoms with E-state index in [0.717, 1.165) is 5.56 Å². The summed E-state index contributed by atoms with van der Waals surface area (Å²) in [5.41, 5.74) is 0.971. The third kappa shape index (κ3) is 2.16. The van der Waals surface area contributed by atoms with E-state index in [1.54, 1.807) is 0 Å². The molecule has 0 radical (unpaired) electrons. The minimum Gasteiger partial charge on any atom is -0.476 e. The molecule has 1 unspecified atom stereocenters. The Hall–Kier alpha value is -2.21. The van der Waals surface area contributed by atoms with E-state index in [-0.39, 0.29) is 11.4 Å². The van der Waals surface area contributed by atoms with Crippen LogP contribution < -0.4 is 0 Å². The van der Waals surface area contributed by atoms with Crippen molar-refractivity contribution in [1.82, 2.24) is 15.4 Å². The highest BCUT2D eigenvalue weighted by Crippen LogP contribution is 2.25. The predicted octanol–water partition coefficient (Wildman–Crippen LogP) is 1.24. The number of aromatic carboxylic acids is 1. The molecule has 88 valence electrons. The standard InChI is InChI=1S/C11H11N3O3/c1-17-10(7-5-3-2-4-6-7)8-9(11(15)16)13-14-12-8/h2-6,10H,1H3,(H,15,16)(H,12,13,14). The molecule has 2 rings (SSSR count). The average Bonchev–Trinajstić information content (AvgIpc) is 2.81. The molecule has 0 aliphatic rings. The first kappa shape index (κ1) is 11.3. The van der Waals surface area contributed by atoms with Crippen LogP contribution in [-0.4, -0.2) is 33.6 Å². The molecule has 0 spiro atoms. The van der Waals surface area contributed by atoms with Crippen LogP contribution in [0.25, 0.3) is 0 Å². The number of rotatable bonds is 4. The SMILES string of the molecule is COC(c1ccccc1)c1n[nH]nc1C(=O)O. The maximum Gasteiger partial charge on any atom is 0.358 e. The highest BCUT2D eigenvalue weighted by Gasteiger charge is 2.24. The zero-order valence-electron chi connectivity index (χ0n) is 9.12. The first-order valence-corrected chi connectivity index (χ1v) is 4.95. The molecule has 0 aliphatic heterocycles. The number of aromatic nitrogens is 3. The first-order chi connectivity index (χ1) is 8.24. The van der Waals surface area contributed by atoms with Crippen LogP contribution in [0.5, 0.6) is 0 Å². The highest BCUT2D eigenvalue weighted by atomic mass is 16.5. The van der Waals surface area contributed by atoms with Gasteiger partial charge in [0.1, 0.15) is 11.8 Å². The Morgan fingerprint density at radius 2 is 2.06 bits per heavy atom. The Bertz CT molecular complexity index is 510. The number of carboxylic acid groups (broad SMARTS) is 1. The van der Waals surface area contributed by atoms with Crippen LogP contribution >= 0.6 is 0 Å². The van der Waals surface area contributed by atoms with E-state index in [9.17, 15) is 4.79 Å². The number of aromatic amines is 1. The van der Waals surface area contributed by atoms with Gasteiger partial charge in [-0.15, -0.1) is 5.10 Å². The number of ether oxygens (including phenoxy) is 1. The van der Waals surface area contributed by atoms with Gasteiger partial charge in [0.05, 0.1) is 0 Å². The molecule has 1 atom stereocenters. The fourth-order valence-corrected chi connectivity index (χ4v) is 1.61. The van der Waals surface area contributed by atoms with E-state index in [1.165, 1.54) is 7.11 Å². The second-order valence-corrected chi connectivity index (χ2v) is 3.39. The fraction of sp³-hybridized carbons (Fsp3) is 0.182. The van der Waals surface area contributed by atoms with Crippen molar-refractivity contribution in [3.8, 4) is 0 Å². The van der Waals surface area contributed by atoms with Crippen molar-refractivity contribution in [3.05, 3.63) is 47.3 Å². The monoisotopic (exact) mass is 233 g/mol. The summed E-state index contributed by atoms with van der Waals surface area (Å²) in [4.78, 5) is 11.0. The summed E-state index contributed by atoms with van der Waals surface area (Å²) in [7, 11) is 1.50. The van der Waals surface area contributed by atoms with Gasteiger partial charge in [-0.25, -0.2) is 4.79 Å². The molecular formula is C11H11N3O3. The van der Waals surface area contributed by atoms with Crippen LogP contribution in [0.4, 0.5) is 0 Å². The highest BCUT2D eigenvalue weighted by molar-refractivity contribution is 5.86. The lowest BCUT2D eigenvalue weighted by Crippen LogP contribution is -2.10. The van der Waals surface area contributed by atoms with Gasteiger partial charge < -0.3 is 9.84 Å². The van der Waals surface area contributed by atoms with E-state index < -0.39 is 12.1 Å². The first-order valence-electron chi connectivity index (χ1n) is 4.95. The second-order valence-electron chi connectivity index (χ2n) is 3.39. The molecule has 6 heteroatoms. The zero-order valence-corrected chi connectivity index (χ0v) is 9.12. The molecule has 17 heavy (non-hydrogen) atoms. The molecule has 0 aliphatic carbocycles. The second kappa shape index (κ2) is 4.75. The normalized spacial score (nSPS) is 12.3. The van der Waals surface area contributed by atoms with Gasteiger partial charge in [0.2, 0.25) is 0 Å². The van der Waals surface area contributed by atoms with E-state index in [1.807, 2.05) is 30.3 Å². The minimum absolute atomic E-state index is 0.124. The number of carboxylic acids is 1. The number of benzene rings is 1. The fourth-order valence-electron chi connectivity index (χ4n) is 1.61. The summed E-state index contributed by atoms with van der Waals surface area (Å²) in [6.45, 7) is 0. The maximum absolute atomic E-state index is 11.0. The van der Waals surface area contributed by atoms with Crippen molar-refractivity contribution < 1.29 is 14.6 Å². The van der Waals surface area contributed by atoms with Crippen LogP contribution in [0, 0.1) is 0 Å². The number of methoxy groups -OCH3 is 1. The Balaban J connectivity index is 2.43. The molecule has 1 aromatic heterocycles. The van der Waals surface area contributed by atoms with E-state index in [0.29, 0.717) is 0 Å². The molecule has 1 aromatic carbocycles. The lowest BCUT2D eigenvalue weighted by atomic mass is 10.1. The third-order valence-corrected chi connectivity index (χ3v) is 2.36. The Morgan fingerprint density at radius 1 is 1.35 bits per heavy atom. The third-order valence-electron chi connectivity index (χ3n) is 2.36. The van der Waals surface area contributed by atoms with Crippen molar-refractivity contribution in [2.45, 2.75) is 6.10 Å². The summed E-state index contributed by atoms with van der Waals surface area (Å²) in [6.07, 6.45) is -0.541. The summed E-state index contributed by atoms with van der Waals surface area (Å²) >= 11 is 0. The number of hydrogen-bond acceptors (Lipinski definition) is 4. The Kier molecular flexibility index (Phi) is 3.15. The molecule has 1 heterocycles. The molecular weight excluding hydrogens is 222 g/mol. The topological polar surface area (TPSA) is 88.1 Å². The number of nitrogens with one attached hydrogen (secondary N) is 1. The number of H-pyrrole nitrogens is 1. The number of carbonyl (C=O) groups is 1. The molecule has 6 nitrogen and oxygen atoms in total. The Morgan fingerprint density at radius 3 is 2.65 bits per heavy atom. The smallest absolute Gasteiger partial charge is 0.358 e. The number of nitrogens with zero attached hydrogens (tertiary/aromatic N) is 2. The minimum atomic E-state index is -1.13. The predicted molar refractivity (Wildman–Crippen MR) is 58.6 cm³/mol. The van der Waals surface area contributed by atoms with Crippen LogP contribution in [0.3, 0.4) is 0 Å². The quantitative estimate of drug-likeness (QED) is 0.829. The van der Waals surface area contributed by atoms with Gasteiger partial charge in [-0.3, -0.25) is 0 Å². The molecule has 0 amide bonds. The summed E-state index contributed by atoms with van der Waals surface area (Å²) in [5, 5.41) is 18.7. The summed E-state index contributed by atoms with van der Waals surface area (Å²) < 4.78 is 5.29. The van der Waals surface area contributed by atoms with Crippen LogP contribution in [0.2, 0.25) is 0 Å².